The largest absolute Gasteiger partial charge is 0.444 e. The first-order valence-electron chi connectivity index (χ1n) is 9.34. The van der Waals surface area contributed by atoms with Crippen LogP contribution in [-0.2, 0) is 11.3 Å². The number of nitrogens with one attached hydrogen (secondary N) is 1. The summed E-state index contributed by atoms with van der Waals surface area (Å²) in [5.74, 6) is 0.0307. The maximum Gasteiger partial charge on any atom is 0.412 e. The van der Waals surface area contributed by atoms with E-state index in [1.807, 2.05) is 26.8 Å². The Kier molecular flexibility index (Phi) is 7.14. The predicted molar refractivity (Wildman–Crippen MR) is 107 cm³/mol. The molecule has 1 aromatic rings. The SMILES string of the molecule is CC(C)(C)OC(=O)Nc1ccc(CN2CCC[C@H]([C@](C)(O)CO)C2)c(Cl)c1. The number of nitrogens with zero attached hydrogens (tertiary/aromatic N) is 1. The van der Waals surface area contributed by atoms with E-state index in [4.69, 9.17) is 16.3 Å². The number of amides is 1. The Morgan fingerprint density at radius 1 is 1.37 bits per heavy atom. The fraction of sp³-hybridized carbons (Fsp3) is 0.650. The van der Waals surface area contributed by atoms with Gasteiger partial charge >= 0.3 is 6.09 Å². The lowest BCUT2D eigenvalue weighted by atomic mass is 9.83. The summed E-state index contributed by atoms with van der Waals surface area (Å²) >= 11 is 6.41. The van der Waals surface area contributed by atoms with Crippen LogP contribution in [0.1, 0.15) is 46.1 Å². The van der Waals surface area contributed by atoms with E-state index in [1.165, 1.54) is 0 Å². The van der Waals surface area contributed by atoms with Gasteiger partial charge in [0.25, 0.3) is 0 Å². The molecule has 152 valence electrons. The van der Waals surface area contributed by atoms with E-state index in [0.717, 1.165) is 24.9 Å². The second kappa shape index (κ2) is 8.78. The maximum absolute atomic E-state index is 11.9. The second-order valence-corrected chi connectivity index (χ2v) is 8.93. The first kappa shape index (κ1) is 22.0. The third-order valence-electron chi connectivity index (χ3n) is 4.80. The van der Waals surface area contributed by atoms with Gasteiger partial charge < -0.3 is 14.9 Å². The maximum atomic E-state index is 11.9. The van der Waals surface area contributed by atoms with Crippen molar-refractivity contribution in [2.75, 3.05) is 25.0 Å². The summed E-state index contributed by atoms with van der Waals surface area (Å²) in [6, 6.07) is 5.41. The number of anilines is 1. The van der Waals surface area contributed by atoms with Crippen LogP contribution in [-0.4, -0.2) is 52.1 Å². The summed E-state index contributed by atoms with van der Waals surface area (Å²) in [6.07, 6.45) is 1.35. The van der Waals surface area contributed by atoms with Gasteiger partial charge in [-0.3, -0.25) is 10.2 Å². The monoisotopic (exact) mass is 398 g/mol. The van der Waals surface area contributed by atoms with Crippen molar-refractivity contribution >= 4 is 23.4 Å². The van der Waals surface area contributed by atoms with Crippen LogP contribution in [0.4, 0.5) is 10.5 Å². The number of rotatable bonds is 5. The number of carbonyl (C=O) groups is 1. The highest BCUT2D eigenvalue weighted by Gasteiger charge is 2.34. The molecule has 0 aromatic heterocycles. The molecule has 2 rings (SSSR count). The van der Waals surface area contributed by atoms with E-state index in [-0.39, 0.29) is 12.5 Å². The van der Waals surface area contributed by atoms with Gasteiger partial charge in [-0.1, -0.05) is 17.7 Å². The first-order chi connectivity index (χ1) is 12.5. The van der Waals surface area contributed by atoms with Crippen molar-refractivity contribution < 1.29 is 19.7 Å². The Balaban J connectivity index is 1.98. The van der Waals surface area contributed by atoms with Crippen molar-refractivity contribution in [1.29, 1.82) is 0 Å². The zero-order chi connectivity index (χ0) is 20.2. The van der Waals surface area contributed by atoms with Crippen LogP contribution >= 0.6 is 11.6 Å². The molecule has 0 bridgehead atoms. The molecule has 6 nitrogen and oxygen atoms in total. The van der Waals surface area contributed by atoms with E-state index >= 15 is 0 Å². The van der Waals surface area contributed by atoms with Crippen LogP contribution in [0.3, 0.4) is 0 Å². The molecule has 0 saturated carbocycles. The molecule has 1 fully saturated rings. The van der Waals surface area contributed by atoms with Gasteiger partial charge in [0.2, 0.25) is 0 Å². The summed E-state index contributed by atoms with van der Waals surface area (Å²) in [6.45, 7) is 9.16. The number of hydrogen-bond donors (Lipinski definition) is 3. The minimum absolute atomic E-state index is 0.0307. The normalized spacial score (nSPS) is 20.8. The number of halogens is 1. The Labute approximate surface area is 166 Å². The molecular formula is C20H31ClN2O4. The van der Waals surface area contributed by atoms with Crippen LogP contribution in [0, 0.1) is 5.92 Å². The lowest BCUT2D eigenvalue weighted by molar-refractivity contribution is -0.0697. The number of aliphatic hydroxyl groups is 2. The third kappa shape index (κ3) is 6.64. The molecule has 1 aromatic carbocycles. The predicted octanol–water partition coefficient (Wildman–Crippen LogP) is 3.64. The Hall–Kier alpha value is -1.34. The van der Waals surface area contributed by atoms with Crippen LogP contribution in [0.5, 0.6) is 0 Å². The highest BCUT2D eigenvalue weighted by molar-refractivity contribution is 6.31. The Morgan fingerprint density at radius 2 is 2.07 bits per heavy atom. The Bertz CT molecular complexity index is 658. The number of piperidine rings is 1. The lowest BCUT2D eigenvalue weighted by Crippen LogP contribution is -2.47. The first-order valence-corrected chi connectivity index (χ1v) is 9.72. The molecule has 27 heavy (non-hydrogen) atoms. The molecule has 1 amide bonds. The van der Waals surface area contributed by atoms with Crippen molar-refractivity contribution in [3.05, 3.63) is 28.8 Å². The van der Waals surface area contributed by atoms with E-state index < -0.39 is 17.3 Å². The molecule has 1 saturated heterocycles. The molecular weight excluding hydrogens is 368 g/mol. The van der Waals surface area contributed by atoms with Crippen molar-refractivity contribution in [3.8, 4) is 0 Å². The molecule has 2 atom stereocenters. The van der Waals surface area contributed by atoms with Crippen LogP contribution in [0.2, 0.25) is 5.02 Å². The average molecular weight is 399 g/mol. The average Bonchev–Trinajstić information content (AvgIpc) is 2.56. The topological polar surface area (TPSA) is 82.0 Å². The van der Waals surface area contributed by atoms with E-state index in [1.54, 1.807) is 19.1 Å². The fourth-order valence-corrected chi connectivity index (χ4v) is 3.49. The molecule has 0 radical (unpaired) electrons. The number of benzene rings is 1. The number of likely N-dealkylation sites (tertiary alicyclic amines) is 1. The van der Waals surface area contributed by atoms with E-state index in [0.29, 0.717) is 23.8 Å². The quantitative estimate of drug-likeness (QED) is 0.705. The molecule has 1 aliphatic rings. The molecule has 7 heteroatoms. The molecule has 1 heterocycles. The summed E-state index contributed by atoms with van der Waals surface area (Å²) in [5.41, 5.74) is -0.0913. The summed E-state index contributed by atoms with van der Waals surface area (Å²) < 4.78 is 5.24. The molecule has 0 unspecified atom stereocenters. The summed E-state index contributed by atoms with van der Waals surface area (Å²) in [7, 11) is 0. The van der Waals surface area contributed by atoms with Crippen molar-refractivity contribution in [1.82, 2.24) is 4.90 Å². The summed E-state index contributed by atoms with van der Waals surface area (Å²) in [4.78, 5) is 14.1. The number of carbonyl (C=O) groups excluding carboxylic acids is 1. The summed E-state index contributed by atoms with van der Waals surface area (Å²) in [5, 5.41) is 23.0. The van der Waals surface area contributed by atoms with Gasteiger partial charge in [-0.15, -0.1) is 0 Å². The van der Waals surface area contributed by atoms with Crippen LogP contribution in [0.15, 0.2) is 18.2 Å². The fourth-order valence-electron chi connectivity index (χ4n) is 3.25. The second-order valence-electron chi connectivity index (χ2n) is 8.52. The zero-order valence-electron chi connectivity index (χ0n) is 16.6. The van der Waals surface area contributed by atoms with Gasteiger partial charge in [-0.05, 0) is 64.8 Å². The van der Waals surface area contributed by atoms with Crippen LogP contribution in [0.25, 0.3) is 0 Å². The van der Waals surface area contributed by atoms with Gasteiger partial charge in [0.1, 0.15) is 5.60 Å². The molecule has 0 spiro atoms. The molecule has 1 aliphatic heterocycles. The third-order valence-corrected chi connectivity index (χ3v) is 5.15. The van der Waals surface area contributed by atoms with E-state index in [9.17, 15) is 15.0 Å². The standard InChI is InChI=1S/C20H31ClN2O4/c1-19(2,3)27-18(25)22-16-8-7-14(17(21)10-16)11-23-9-5-6-15(12-23)20(4,26)13-24/h7-8,10,15,24,26H,5-6,9,11-13H2,1-4H3,(H,22,25)/t15-,20+/m0/s1. The lowest BCUT2D eigenvalue weighted by Gasteiger charge is -2.39. The van der Waals surface area contributed by atoms with Gasteiger partial charge in [0.15, 0.2) is 0 Å². The number of ether oxygens (including phenoxy) is 1. The molecule has 0 aliphatic carbocycles. The Morgan fingerprint density at radius 3 is 2.67 bits per heavy atom. The smallest absolute Gasteiger partial charge is 0.412 e. The number of aliphatic hydroxyl groups excluding tert-OH is 1. The van der Waals surface area contributed by atoms with Gasteiger partial charge in [0, 0.05) is 29.7 Å². The van der Waals surface area contributed by atoms with Crippen molar-refractivity contribution in [2.45, 2.75) is 58.3 Å². The molecule has 3 N–H and O–H groups in total. The zero-order valence-corrected chi connectivity index (χ0v) is 17.3. The minimum Gasteiger partial charge on any atom is -0.444 e. The van der Waals surface area contributed by atoms with Gasteiger partial charge in [-0.25, -0.2) is 4.79 Å². The highest BCUT2D eigenvalue weighted by Crippen LogP contribution is 2.29. The van der Waals surface area contributed by atoms with Crippen molar-refractivity contribution in [2.24, 2.45) is 5.92 Å². The van der Waals surface area contributed by atoms with Gasteiger partial charge in [0.05, 0.1) is 12.2 Å². The highest BCUT2D eigenvalue weighted by atomic mass is 35.5. The van der Waals surface area contributed by atoms with Crippen LogP contribution < -0.4 is 5.32 Å². The van der Waals surface area contributed by atoms with E-state index in [2.05, 4.69) is 10.2 Å². The van der Waals surface area contributed by atoms with Crippen molar-refractivity contribution in [3.63, 3.8) is 0 Å². The minimum atomic E-state index is -1.07. The number of hydrogen-bond acceptors (Lipinski definition) is 5. The van der Waals surface area contributed by atoms with Gasteiger partial charge in [-0.2, -0.15) is 0 Å².